The lowest BCUT2D eigenvalue weighted by Gasteiger charge is -2.09. The summed E-state index contributed by atoms with van der Waals surface area (Å²) in [5.41, 5.74) is 3.16. The molecule has 0 fully saturated rings. The molecule has 0 atom stereocenters. The van der Waals surface area contributed by atoms with Gasteiger partial charge in [-0.25, -0.2) is 14.5 Å². The molecule has 0 radical (unpaired) electrons. The monoisotopic (exact) mass is 382 g/mol. The molecule has 7 nitrogen and oxygen atoms in total. The molecular formula is C20H19FN4O3. The number of carbonyl (C=O) groups is 1. The summed E-state index contributed by atoms with van der Waals surface area (Å²) in [5.74, 6) is -0.964. The van der Waals surface area contributed by atoms with Gasteiger partial charge in [-0.05, 0) is 38.1 Å². The van der Waals surface area contributed by atoms with E-state index in [2.05, 4.69) is 15.6 Å². The van der Waals surface area contributed by atoms with Crippen LogP contribution in [0.1, 0.15) is 29.9 Å². The van der Waals surface area contributed by atoms with Gasteiger partial charge in [-0.15, -0.1) is 0 Å². The number of rotatable bonds is 5. The summed E-state index contributed by atoms with van der Waals surface area (Å²) in [6.07, 6.45) is 0. The molecule has 3 rings (SSSR count). The normalized spacial score (nSPS) is 11.5. The van der Waals surface area contributed by atoms with Crippen LogP contribution in [0.4, 0.5) is 4.39 Å². The van der Waals surface area contributed by atoms with Gasteiger partial charge in [0.15, 0.2) is 17.3 Å². The van der Waals surface area contributed by atoms with Crippen molar-refractivity contribution >= 4 is 22.4 Å². The van der Waals surface area contributed by atoms with Gasteiger partial charge in [0.2, 0.25) is 0 Å². The van der Waals surface area contributed by atoms with Crippen LogP contribution in [-0.2, 0) is 6.54 Å². The summed E-state index contributed by atoms with van der Waals surface area (Å²) in [7, 11) is 1.38. The molecule has 3 aromatic rings. The molecule has 0 saturated heterocycles. The van der Waals surface area contributed by atoms with Crippen LogP contribution in [0.3, 0.4) is 0 Å². The molecule has 0 saturated carbocycles. The summed E-state index contributed by atoms with van der Waals surface area (Å²) in [5, 5.41) is 9.03. The fourth-order valence-corrected chi connectivity index (χ4v) is 2.76. The third-order valence-corrected chi connectivity index (χ3v) is 4.28. The molecule has 1 aromatic heterocycles. The van der Waals surface area contributed by atoms with E-state index in [0.29, 0.717) is 28.6 Å². The molecule has 0 aliphatic heterocycles. The van der Waals surface area contributed by atoms with Crippen molar-refractivity contribution in [2.45, 2.75) is 20.4 Å². The zero-order valence-electron chi connectivity index (χ0n) is 15.7. The molecule has 0 bridgehead atoms. The molecule has 0 aliphatic rings. The van der Waals surface area contributed by atoms with E-state index in [1.807, 2.05) is 0 Å². The minimum Gasteiger partial charge on any atom is -0.494 e. The Hall–Kier alpha value is -3.55. The van der Waals surface area contributed by atoms with Crippen molar-refractivity contribution in [1.29, 1.82) is 0 Å². The van der Waals surface area contributed by atoms with Gasteiger partial charge in [0, 0.05) is 17.5 Å². The lowest BCUT2D eigenvalue weighted by molar-refractivity contribution is 0.0949. The second-order valence-electron chi connectivity index (χ2n) is 6.00. The number of hydrazone groups is 1. The summed E-state index contributed by atoms with van der Waals surface area (Å²) >= 11 is 0. The Morgan fingerprint density at radius 1 is 1.25 bits per heavy atom. The summed E-state index contributed by atoms with van der Waals surface area (Å²) in [6.45, 7) is 3.74. The third-order valence-electron chi connectivity index (χ3n) is 4.28. The van der Waals surface area contributed by atoms with Crippen LogP contribution in [0.5, 0.6) is 5.75 Å². The van der Waals surface area contributed by atoms with E-state index in [-0.39, 0.29) is 17.0 Å². The average molecular weight is 382 g/mol. The average Bonchev–Trinajstić information content (AvgIpc) is 2.72. The lowest BCUT2D eigenvalue weighted by Crippen LogP contribution is -2.28. The molecule has 1 heterocycles. The molecule has 0 spiro atoms. The first-order valence-corrected chi connectivity index (χ1v) is 8.64. The lowest BCUT2D eigenvalue weighted by atomic mass is 10.1. The maximum Gasteiger partial charge on any atom is 0.292 e. The predicted octanol–water partition coefficient (Wildman–Crippen LogP) is 2.72. The van der Waals surface area contributed by atoms with E-state index in [4.69, 9.17) is 4.74 Å². The number of carbonyl (C=O) groups excluding carboxylic acids is 1. The number of hydrogen-bond acceptors (Lipinski definition) is 5. The zero-order chi connectivity index (χ0) is 20.3. The SMILES string of the molecule is CCn1nc(C(=O)N/N=C(/C)c2ccc(OC)c(F)c2)c2ccccc2c1=O. The van der Waals surface area contributed by atoms with Gasteiger partial charge in [-0.1, -0.05) is 18.2 Å². The highest BCUT2D eigenvalue weighted by Crippen LogP contribution is 2.18. The maximum atomic E-state index is 13.9. The van der Waals surface area contributed by atoms with Gasteiger partial charge < -0.3 is 4.74 Å². The largest absolute Gasteiger partial charge is 0.494 e. The van der Waals surface area contributed by atoms with Gasteiger partial charge in [-0.2, -0.15) is 10.2 Å². The minimum absolute atomic E-state index is 0.0921. The van der Waals surface area contributed by atoms with E-state index in [0.717, 1.165) is 0 Å². The van der Waals surface area contributed by atoms with Gasteiger partial charge in [0.25, 0.3) is 11.5 Å². The molecule has 8 heteroatoms. The number of aromatic nitrogens is 2. The fourth-order valence-electron chi connectivity index (χ4n) is 2.76. The number of fused-ring (bicyclic) bond motifs is 1. The number of ether oxygens (including phenoxy) is 1. The minimum atomic E-state index is -0.563. The van der Waals surface area contributed by atoms with Crippen molar-refractivity contribution in [3.63, 3.8) is 0 Å². The van der Waals surface area contributed by atoms with Gasteiger partial charge in [0.05, 0.1) is 18.2 Å². The van der Waals surface area contributed by atoms with Crippen molar-refractivity contribution in [3.05, 3.63) is 69.9 Å². The predicted molar refractivity (Wildman–Crippen MR) is 104 cm³/mol. The zero-order valence-corrected chi connectivity index (χ0v) is 15.7. The van der Waals surface area contributed by atoms with E-state index in [1.165, 1.54) is 23.9 Å². The second kappa shape index (κ2) is 7.99. The van der Waals surface area contributed by atoms with Crippen LogP contribution in [0, 0.1) is 5.82 Å². The highest BCUT2D eigenvalue weighted by Gasteiger charge is 2.16. The first-order valence-electron chi connectivity index (χ1n) is 8.64. The van der Waals surface area contributed by atoms with Crippen LogP contribution in [-0.4, -0.2) is 28.5 Å². The van der Waals surface area contributed by atoms with E-state index >= 15 is 0 Å². The number of amides is 1. The number of methoxy groups -OCH3 is 1. The maximum absolute atomic E-state index is 13.9. The smallest absolute Gasteiger partial charge is 0.292 e. The first kappa shape index (κ1) is 19.2. The Morgan fingerprint density at radius 3 is 2.61 bits per heavy atom. The first-order chi connectivity index (χ1) is 13.5. The van der Waals surface area contributed by atoms with Gasteiger partial charge in [-0.3, -0.25) is 9.59 Å². The van der Waals surface area contributed by atoms with Crippen LogP contribution in [0.15, 0.2) is 52.4 Å². The summed E-state index contributed by atoms with van der Waals surface area (Å²) in [6, 6.07) is 11.2. The van der Waals surface area contributed by atoms with Crippen LogP contribution in [0.25, 0.3) is 10.8 Å². The third kappa shape index (κ3) is 3.62. The van der Waals surface area contributed by atoms with Crippen molar-refractivity contribution in [3.8, 4) is 5.75 Å². The Kier molecular flexibility index (Phi) is 5.49. The van der Waals surface area contributed by atoms with Crippen molar-refractivity contribution < 1.29 is 13.9 Å². The number of nitrogens with zero attached hydrogens (tertiary/aromatic N) is 3. The Bertz CT molecular complexity index is 1140. The number of benzene rings is 2. The van der Waals surface area contributed by atoms with Crippen molar-refractivity contribution in [2.75, 3.05) is 7.11 Å². The van der Waals surface area contributed by atoms with Crippen LogP contribution in [0.2, 0.25) is 0 Å². The van der Waals surface area contributed by atoms with Gasteiger partial charge >= 0.3 is 0 Å². The van der Waals surface area contributed by atoms with Crippen molar-refractivity contribution in [2.24, 2.45) is 5.10 Å². The molecule has 1 amide bonds. The molecule has 1 N–H and O–H groups in total. The molecule has 2 aromatic carbocycles. The van der Waals surface area contributed by atoms with Crippen LogP contribution < -0.4 is 15.7 Å². The van der Waals surface area contributed by atoms with E-state index < -0.39 is 11.7 Å². The number of hydrogen-bond donors (Lipinski definition) is 1. The molecular weight excluding hydrogens is 363 g/mol. The molecule has 0 unspecified atom stereocenters. The second-order valence-corrected chi connectivity index (χ2v) is 6.00. The number of aryl methyl sites for hydroxylation is 1. The highest BCUT2D eigenvalue weighted by molar-refractivity contribution is 6.06. The number of nitrogens with one attached hydrogen (secondary N) is 1. The van der Waals surface area contributed by atoms with Crippen LogP contribution >= 0.6 is 0 Å². The Balaban J connectivity index is 1.93. The summed E-state index contributed by atoms with van der Waals surface area (Å²) in [4.78, 5) is 25.0. The fraction of sp³-hybridized carbons (Fsp3) is 0.200. The Labute approximate surface area is 160 Å². The quantitative estimate of drug-likeness (QED) is 0.543. The summed E-state index contributed by atoms with van der Waals surface area (Å²) < 4.78 is 20.0. The topological polar surface area (TPSA) is 85.6 Å². The van der Waals surface area contributed by atoms with Crippen molar-refractivity contribution in [1.82, 2.24) is 15.2 Å². The molecule has 0 aliphatic carbocycles. The van der Waals surface area contributed by atoms with Gasteiger partial charge in [0.1, 0.15) is 0 Å². The Morgan fingerprint density at radius 2 is 1.96 bits per heavy atom. The molecule has 28 heavy (non-hydrogen) atoms. The number of halogens is 1. The molecule has 144 valence electrons. The van der Waals surface area contributed by atoms with E-state index in [1.54, 1.807) is 44.2 Å². The highest BCUT2D eigenvalue weighted by atomic mass is 19.1. The standard InChI is InChI=1S/C20H19FN4O3/c1-4-25-20(27)15-8-6-5-7-14(15)18(24-25)19(26)23-22-12(2)13-9-10-17(28-3)16(21)11-13/h5-11H,4H2,1-3H3,(H,23,26)/b22-12-. The van der Waals surface area contributed by atoms with E-state index in [9.17, 15) is 14.0 Å².